The fourth-order valence-corrected chi connectivity index (χ4v) is 3.12. The summed E-state index contributed by atoms with van der Waals surface area (Å²) in [6.45, 7) is 0.232. The van der Waals surface area contributed by atoms with Gasteiger partial charge in [-0.05, 0) is 49.4 Å². The van der Waals surface area contributed by atoms with E-state index in [-0.39, 0.29) is 18.4 Å². The molecule has 3 N–H and O–H groups in total. The van der Waals surface area contributed by atoms with Crippen LogP contribution in [0.4, 0.5) is 5.95 Å². The Morgan fingerprint density at radius 1 is 1.21 bits per heavy atom. The zero-order valence-electron chi connectivity index (χ0n) is 13.0. The van der Waals surface area contributed by atoms with E-state index in [0.29, 0.717) is 23.0 Å². The number of anilines is 1. The standard InChI is InChI=1S/C16H18N6O2/c23-9-10-1-2-11(7-10)18-16-17-8-14-15(19-16)22(21-20-14)12-3-5-13(24)6-4-12/h3-6,8,10-11,23-24H,1-2,7,9H2,(H,17,18,19)/t10-,11-/m1/s1. The van der Waals surface area contributed by atoms with Crippen molar-refractivity contribution in [2.45, 2.75) is 25.3 Å². The lowest BCUT2D eigenvalue weighted by Crippen LogP contribution is -2.18. The highest BCUT2D eigenvalue weighted by Crippen LogP contribution is 2.27. The summed E-state index contributed by atoms with van der Waals surface area (Å²) in [5, 5.41) is 30.2. The molecule has 1 aliphatic rings. The largest absolute Gasteiger partial charge is 0.508 e. The smallest absolute Gasteiger partial charge is 0.225 e. The summed E-state index contributed by atoms with van der Waals surface area (Å²) in [6, 6.07) is 6.97. The van der Waals surface area contributed by atoms with Crippen molar-refractivity contribution in [1.82, 2.24) is 25.0 Å². The van der Waals surface area contributed by atoms with Crippen molar-refractivity contribution in [2.24, 2.45) is 5.92 Å². The molecule has 0 bridgehead atoms. The zero-order valence-corrected chi connectivity index (χ0v) is 13.0. The number of benzene rings is 1. The summed E-state index contributed by atoms with van der Waals surface area (Å²) in [7, 11) is 0. The highest BCUT2D eigenvalue weighted by atomic mass is 16.3. The third-order valence-corrected chi connectivity index (χ3v) is 4.42. The fraction of sp³-hybridized carbons (Fsp3) is 0.375. The van der Waals surface area contributed by atoms with Crippen LogP contribution in [0.15, 0.2) is 30.5 Å². The molecule has 0 spiro atoms. The molecule has 1 aliphatic carbocycles. The highest BCUT2D eigenvalue weighted by Gasteiger charge is 2.24. The van der Waals surface area contributed by atoms with Crippen LogP contribution < -0.4 is 5.32 Å². The second-order valence-electron chi connectivity index (χ2n) is 6.12. The molecule has 124 valence electrons. The van der Waals surface area contributed by atoms with E-state index in [1.54, 1.807) is 35.1 Å². The van der Waals surface area contributed by atoms with Crippen LogP contribution in [0.1, 0.15) is 19.3 Å². The van der Waals surface area contributed by atoms with E-state index in [0.717, 1.165) is 24.9 Å². The molecule has 0 unspecified atom stereocenters. The van der Waals surface area contributed by atoms with E-state index in [2.05, 4.69) is 25.6 Å². The number of hydrogen-bond acceptors (Lipinski definition) is 7. The monoisotopic (exact) mass is 326 g/mol. The number of hydrogen-bond donors (Lipinski definition) is 3. The minimum Gasteiger partial charge on any atom is -0.508 e. The molecule has 0 aliphatic heterocycles. The van der Waals surface area contributed by atoms with Gasteiger partial charge < -0.3 is 15.5 Å². The molecule has 8 nitrogen and oxygen atoms in total. The van der Waals surface area contributed by atoms with E-state index in [1.807, 2.05) is 0 Å². The maximum atomic E-state index is 9.41. The van der Waals surface area contributed by atoms with Crippen molar-refractivity contribution in [3.05, 3.63) is 30.5 Å². The molecule has 8 heteroatoms. The van der Waals surface area contributed by atoms with Gasteiger partial charge in [0.05, 0.1) is 11.9 Å². The summed E-state index contributed by atoms with van der Waals surface area (Å²) < 4.78 is 1.62. The zero-order chi connectivity index (χ0) is 16.5. The molecule has 2 atom stereocenters. The van der Waals surface area contributed by atoms with Crippen molar-refractivity contribution in [1.29, 1.82) is 0 Å². The Kier molecular flexibility index (Phi) is 3.73. The first kappa shape index (κ1) is 14.8. The van der Waals surface area contributed by atoms with Gasteiger partial charge in [0.2, 0.25) is 5.95 Å². The number of aliphatic hydroxyl groups excluding tert-OH is 1. The van der Waals surface area contributed by atoms with Gasteiger partial charge in [-0.3, -0.25) is 0 Å². The number of aliphatic hydroxyl groups is 1. The van der Waals surface area contributed by atoms with Gasteiger partial charge in [-0.1, -0.05) is 5.21 Å². The van der Waals surface area contributed by atoms with Crippen LogP contribution in [0, 0.1) is 5.92 Å². The summed E-state index contributed by atoms with van der Waals surface area (Å²) >= 11 is 0. The van der Waals surface area contributed by atoms with Gasteiger partial charge in [0.15, 0.2) is 11.2 Å². The number of nitrogens with zero attached hydrogens (tertiary/aromatic N) is 5. The summed E-state index contributed by atoms with van der Waals surface area (Å²) in [4.78, 5) is 8.84. The maximum Gasteiger partial charge on any atom is 0.225 e. The van der Waals surface area contributed by atoms with Crippen LogP contribution in [-0.2, 0) is 0 Å². The van der Waals surface area contributed by atoms with E-state index >= 15 is 0 Å². The summed E-state index contributed by atoms with van der Waals surface area (Å²) in [6.07, 6.45) is 4.59. The van der Waals surface area contributed by atoms with Crippen molar-refractivity contribution in [2.75, 3.05) is 11.9 Å². The second kappa shape index (κ2) is 6.04. The first-order valence-corrected chi connectivity index (χ1v) is 7.98. The van der Waals surface area contributed by atoms with E-state index in [9.17, 15) is 10.2 Å². The predicted octanol–water partition coefficient (Wildman–Crippen LogP) is 1.49. The Hall–Kier alpha value is -2.74. The molecule has 0 amide bonds. The Morgan fingerprint density at radius 2 is 2.04 bits per heavy atom. The molecule has 0 radical (unpaired) electrons. The molecule has 1 fully saturated rings. The number of phenols is 1. The van der Waals surface area contributed by atoms with Crippen molar-refractivity contribution in [3.8, 4) is 11.4 Å². The molecular formula is C16H18N6O2. The van der Waals surface area contributed by atoms with Crippen molar-refractivity contribution >= 4 is 17.1 Å². The molecule has 3 aromatic rings. The molecule has 1 aromatic carbocycles. The average Bonchev–Trinajstić information content (AvgIpc) is 3.22. The van der Waals surface area contributed by atoms with Crippen LogP contribution >= 0.6 is 0 Å². The lowest BCUT2D eigenvalue weighted by molar-refractivity contribution is 0.229. The molecule has 4 rings (SSSR count). The van der Waals surface area contributed by atoms with Gasteiger partial charge in [0, 0.05) is 12.6 Å². The van der Waals surface area contributed by atoms with Crippen LogP contribution in [-0.4, -0.2) is 47.8 Å². The number of rotatable bonds is 4. The lowest BCUT2D eigenvalue weighted by Gasteiger charge is -2.12. The SMILES string of the molecule is OC[C@@H]1CC[C@@H](Nc2ncc3nnn(-c4ccc(O)cc4)c3n2)C1. The molecule has 0 saturated heterocycles. The molecule has 24 heavy (non-hydrogen) atoms. The fourth-order valence-electron chi connectivity index (χ4n) is 3.12. The quantitative estimate of drug-likeness (QED) is 0.666. The van der Waals surface area contributed by atoms with Gasteiger partial charge in [-0.25, -0.2) is 4.98 Å². The van der Waals surface area contributed by atoms with E-state index < -0.39 is 0 Å². The average molecular weight is 326 g/mol. The number of aromatic nitrogens is 5. The molecular weight excluding hydrogens is 308 g/mol. The van der Waals surface area contributed by atoms with E-state index in [1.165, 1.54) is 0 Å². The number of nitrogens with one attached hydrogen (secondary N) is 1. The lowest BCUT2D eigenvalue weighted by atomic mass is 10.1. The van der Waals surface area contributed by atoms with Crippen LogP contribution in [0.2, 0.25) is 0 Å². The first-order valence-electron chi connectivity index (χ1n) is 7.98. The van der Waals surface area contributed by atoms with Gasteiger partial charge in [-0.2, -0.15) is 9.67 Å². The summed E-state index contributed by atoms with van der Waals surface area (Å²) in [5.41, 5.74) is 1.98. The van der Waals surface area contributed by atoms with Crippen LogP contribution in [0.3, 0.4) is 0 Å². The van der Waals surface area contributed by atoms with Gasteiger partial charge >= 0.3 is 0 Å². The van der Waals surface area contributed by atoms with E-state index in [4.69, 9.17) is 0 Å². The first-order chi connectivity index (χ1) is 11.7. The predicted molar refractivity (Wildman–Crippen MR) is 88.0 cm³/mol. The number of phenolic OH excluding ortho intramolecular Hbond substituents is 1. The van der Waals surface area contributed by atoms with Crippen LogP contribution in [0.5, 0.6) is 5.75 Å². The maximum absolute atomic E-state index is 9.41. The topological polar surface area (TPSA) is 109 Å². The van der Waals surface area contributed by atoms with Crippen molar-refractivity contribution in [3.63, 3.8) is 0 Å². The Balaban J connectivity index is 1.62. The number of fused-ring (bicyclic) bond motifs is 1. The van der Waals surface area contributed by atoms with Crippen molar-refractivity contribution < 1.29 is 10.2 Å². The van der Waals surface area contributed by atoms with Gasteiger partial charge in [-0.15, -0.1) is 5.10 Å². The third kappa shape index (κ3) is 2.76. The summed E-state index contributed by atoms with van der Waals surface area (Å²) in [5.74, 6) is 1.09. The minimum atomic E-state index is 0.194. The highest BCUT2D eigenvalue weighted by molar-refractivity contribution is 5.72. The Morgan fingerprint density at radius 3 is 2.79 bits per heavy atom. The third-order valence-electron chi connectivity index (χ3n) is 4.42. The molecule has 1 saturated carbocycles. The molecule has 2 heterocycles. The van der Waals surface area contributed by atoms with Gasteiger partial charge in [0.1, 0.15) is 5.75 Å². The minimum absolute atomic E-state index is 0.194. The number of aromatic hydroxyl groups is 1. The molecule has 2 aromatic heterocycles. The second-order valence-corrected chi connectivity index (χ2v) is 6.12. The Bertz CT molecular complexity index is 847. The normalized spacial score (nSPS) is 20.5. The Labute approximate surface area is 138 Å². The van der Waals surface area contributed by atoms with Gasteiger partial charge in [0.25, 0.3) is 0 Å². The van der Waals surface area contributed by atoms with Crippen LogP contribution in [0.25, 0.3) is 16.9 Å².